The minimum absolute atomic E-state index is 0.107. The Hall–Kier alpha value is -1.94. The van der Waals surface area contributed by atoms with Crippen molar-refractivity contribution in [3.63, 3.8) is 0 Å². The van der Waals surface area contributed by atoms with E-state index in [1.54, 1.807) is 0 Å². The van der Waals surface area contributed by atoms with Gasteiger partial charge in [0, 0.05) is 25.7 Å². The van der Waals surface area contributed by atoms with Crippen LogP contribution in [0.1, 0.15) is 402 Å². The van der Waals surface area contributed by atoms with Crippen LogP contribution in [0.15, 0.2) is 0 Å². The van der Waals surface area contributed by atoms with Crippen molar-refractivity contribution in [1.82, 2.24) is 0 Å². The maximum atomic E-state index is 13.1. The topological polar surface area (TPSA) is 237 Å². The van der Waals surface area contributed by atoms with Gasteiger partial charge in [0.2, 0.25) is 0 Å². The maximum absolute atomic E-state index is 13.1. The molecule has 0 spiro atoms. The van der Waals surface area contributed by atoms with E-state index in [9.17, 15) is 43.2 Å². The van der Waals surface area contributed by atoms with Gasteiger partial charge >= 0.3 is 39.5 Å². The Bertz CT molecular complexity index is 1920. The molecule has 0 saturated heterocycles. The molecule has 3 unspecified atom stereocenters. The third-order valence-corrected chi connectivity index (χ3v) is 20.6. The van der Waals surface area contributed by atoms with Gasteiger partial charge < -0.3 is 33.8 Å². The Labute approximate surface area is 600 Å². The van der Waals surface area contributed by atoms with Gasteiger partial charge in [0.25, 0.3) is 0 Å². The van der Waals surface area contributed by atoms with E-state index < -0.39 is 97.5 Å². The molecule has 0 aromatic heterocycles. The minimum atomic E-state index is -4.96. The lowest BCUT2D eigenvalue weighted by atomic mass is 10.00. The van der Waals surface area contributed by atoms with Crippen LogP contribution in [0.2, 0.25) is 0 Å². The highest BCUT2D eigenvalue weighted by Gasteiger charge is 2.30. The molecule has 19 heteroatoms. The van der Waals surface area contributed by atoms with Gasteiger partial charge in [-0.2, -0.15) is 0 Å². The fourth-order valence-electron chi connectivity index (χ4n) is 12.0. The summed E-state index contributed by atoms with van der Waals surface area (Å²) in [6, 6.07) is 0. The molecule has 0 heterocycles. The van der Waals surface area contributed by atoms with Gasteiger partial charge in [0.05, 0.1) is 26.4 Å². The first-order valence-corrected chi connectivity index (χ1v) is 43.7. The van der Waals surface area contributed by atoms with Crippen LogP contribution in [0.4, 0.5) is 0 Å². The van der Waals surface area contributed by atoms with E-state index in [0.29, 0.717) is 25.7 Å². The molecule has 0 aliphatic heterocycles. The van der Waals surface area contributed by atoms with E-state index in [-0.39, 0.29) is 25.7 Å². The molecule has 0 bridgehead atoms. The third-order valence-electron chi connectivity index (χ3n) is 18.7. The number of hydrogen-bond donors (Lipinski definition) is 3. The van der Waals surface area contributed by atoms with E-state index in [2.05, 4.69) is 55.4 Å². The average Bonchev–Trinajstić information content (AvgIpc) is 0.963. The maximum Gasteiger partial charge on any atom is 0.472 e. The zero-order valence-electron chi connectivity index (χ0n) is 64.4. The lowest BCUT2D eigenvalue weighted by molar-refractivity contribution is -0.161. The van der Waals surface area contributed by atoms with E-state index in [4.69, 9.17) is 37.0 Å². The van der Waals surface area contributed by atoms with Gasteiger partial charge in [-0.15, -0.1) is 0 Å². The molecular weight excluding hydrogens is 1280 g/mol. The summed E-state index contributed by atoms with van der Waals surface area (Å²) in [5, 5.41) is 10.6. The monoisotopic (exact) mass is 1440 g/mol. The highest BCUT2D eigenvalue weighted by molar-refractivity contribution is 7.47. The first-order chi connectivity index (χ1) is 47.1. The van der Waals surface area contributed by atoms with E-state index in [1.807, 2.05) is 0 Å². The summed E-state index contributed by atoms with van der Waals surface area (Å²) in [5.74, 6) is 0.961. The number of unbranched alkanes of at least 4 members (excludes halogenated alkanes) is 41. The molecule has 17 nitrogen and oxygen atoms in total. The summed E-state index contributed by atoms with van der Waals surface area (Å²) in [4.78, 5) is 72.9. The van der Waals surface area contributed by atoms with Gasteiger partial charge in [0.15, 0.2) is 12.2 Å². The number of rotatable bonds is 76. The van der Waals surface area contributed by atoms with Gasteiger partial charge in [-0.25, -0.2) is 9.13 Å². The lowest BCUT2D eigenvalue weighted by Gasteiger charge is -2.21. The number of carbonyl (C=O) groups is 4. The van der Waals surface area contributed by atoms with Crippen molar-refractivity contribution >= 4 is 39.5 Å². The van der Waals surface area contributed by atoms with Crippen molar-refractivity contribution in [3.8, 4) is 0 Å². The van der Waals surface area contributed by atoms with Crippen LogP contribution in [-0.4, -0.2) is 96.7 Å². The molecule has 0 fully saturated rings. The number of phosphoric acid groups is 2. The predicted octanol–water partition coefficient (Wildman–Crippen LogP) is 23.2. The summed E-state index contributed by atoms with van der Waals surface area (Å²) >= 11 is 0. The largest absolute Gasteiger partial charge is 0.472 e. The Morgan fingerprint density at radius 1 is 0.286 bits per heavy atom. The van der Waals surface area contributed by atoms with Gasteiger partial charge in [-0.1, -0.05) is 351 Å². The summed E-state index contributed by atoms with van der Waals surface area (Å²) in [7, 11) is -9.92. The molecule has 0 aliphatic carbocycles. The summed E-state index contributed by atoms with van der Waals surface area (Å²) in [5.41, 5.74) is 0. The van der Waals surface area contributed by atoms with Crippen molar-refractivity contribution in [2.75, 3.05) is 39.6 Å². The van der Waals surface area contributed by atoms with Gasteiger partial charge in [-0.05, 0) is 49.4 Å². The smallest absolute Gasteiger partial charge is 0.462 e. The van der Waals surface area contributed by atoms with Crippen LogP contribution >= 0.6 is 15.6 Å². The molecule has 98 heavy (non-hydrogen) atoms. The van der Waals surface area contributed by atoms with Gasteiger partial charge in [0.1, 0.15) is 19.3 Å². The molecule has 0 amide bonds. The quantitative estimate of drug-likeness (QED) is 0.0222. The number of carbonyl (C=O) groups excluding carboxylic acids is 4. The molecule has 0 saturated carbocycles. The second kappa shape index (κ2) is 68.2. The standard InChI is InChI=1S/C79H154O17P2/c1-9-72(8)58-50-42-37-38-44-52-60-77(82)90-66-75(96-79(84)62-53-45-35-28-22-18-13-11-10-12-16-20-25-31-39-47-55-69(2)3)68-94-98(87,88)92-64-73(80)63-91-97(85,86)93-67-74(65-89-76(81)59-51-43-34-30-24-27-33-41-49-57-71(6)7)95-78(83)61-54-46-36-29-23-19-15-14-17-21-26-32-40-48-56-70(4)5/h69-75,80H,9-68H2,1-8H3,(H,85,86)(H,87,88)/t72?,73-,74-,75-/m1/s1. The van der Waals surface area contributed by atoms with Crippen LogP contribution in [-0.2, 0) is 65.4 Å². The third kappa shape index (κ3) is 71.1. The van der Waals surface area contributed by atoms with Crippen molar-refractivity contribution in [3.05, 3.63) is 0 Å². The zero-order chi connectivity index (χ0) is 72.4. The fourth-order valence-corrected chi connectivity index (χ4v) is 13.6. The highest BCUT2D eigenvalue weighted by atomic mass is 31.2. The fraction of sp³-hybridized carbons (Fsp3) is 0.949. The van der Waals surface area contributed by atoms with Crippen molar-refractivity contribution < 1.29 is 80.2 Å². The van der Waals surface area contributed by atoms with Crippen molar-refractivity contribution in [1.29, 1.82) is 0 Å². The number of ether oxygens (including phenoxy) is 4. The first kappa shape index (κ1) is 96.1. The molecule has 6 atom stereocenters. The number of aliphatic hydroxyl groups excluding tert-OH is 1. The lowest BCUT2D eigenvalue weighted by Crippen LogP contribution is -2.30. The second-order valence-corrected chi connectivity index (χ2v) is 33.0. The van der Waals surface area contributed by atoms with Crippen LogP contribution < -0.4 is 0 Å². The number of phosphoric ester groups is 2. The Morgan fingerprint density at radius 2 is 0.490 bits per heavy atom. The first-order valence-electron chi connectivity index (χ1n) is 40.7. The van der Waals surface area contributed by atoms with Crippen molar-refractivity contribution in [2.24, 2.45) is 23.7 Å². The SMILES string of the molecule is CCC(C)CCCCCCCCC(=O)OC[C@H](COP(=O)(O)OC[C@H](O)COP(=O)(O)OC[C@@H](COC(=O)CCCCCCCCCCCC(C)C)OC(=O)CCCCCCCCCCCCCCCCC(C)C)OC(=O)CCCCCCCCCCCCCCCCCCC(C)C. The Kier molecular flexibility index (Phi) is 66.8. The number of aliphatic hydroxyl groups is 1. The van der Waals surface area contributed by atoms with Crippen LogP contribution in [0.3, 0.4) is 0 Å². The molecule has 0 aliphatic rings. The molecule has 582 valence electrons. The molecule has 0 rings (SSSR count). The average molecular weight is 1440 g/mol. The minimum Gasteiger partial charge on any atom is -0.462 e. The molecule has 3 N–H and O–H groups in total. The summed E-state index contributed by atoms with van der Waals surface area (Å²) < 4.78 is 68.6. The van der Waals surface area contributed by atoms with Gasteiger partial charge in [-0.3, -0.25) is 37.3 Å². The number of hydrogen-bond acceptors (Lipinski definition) is 15. The Balaban J connectivity index is 5.22. The van der Waals surface area contributed by atoms with Crippen molar-refractivity contribution in [2.45, 2.75) is 420 Å². The van der Waals surface area contributed by atoms with E-state index >= 15 is 0 Å². The van der Waals surface area contributed by atoms with E-state index in [1.165, 1.54) is 199 Å². The molecule has 0 aromatic rings. The molecular formula is C79H154O17P2. The molecule has 0 aromatic carbocycles. The highest BCUT2D eigenvalue weighted by Crippen LogP contribution is 2.45. The summed E-state index contributed by atoms with van der Waals surface area (Å²) in [6.45, 7) is 14.2. The number of esters is 4. The van der Waals surface area contributed by atoms with Crippen LogP contribution in [0.25, 0.3) is 0 Å². The van der Waals surface area contributed by atoms with Crippen LogP contribution in [0.5, 0.6) is 0 Å². The van der Waals surface area contributed by atoms with Crippen LogP contribution in [0, 0.1) is 23.7 Å². The zero-order valence-corrected chi connectivity index (χ0v) is 66.2. The normalized spacial score (nSPS) is 14.3. The molecule has 0 radical (unpaired) electrons. The predicted molar refractivity (Wildman–Crippen MR) is 400 cm³/mol. The Morgan fingerprint density at radius 3 is 0.724 bits per heavy atom. The second-order valence-electron chi connectivity index (χ2n) is 30.1. The van der Waals surface area contributed by atoms with E-state index in [0.717, 1.165) is 120 Å². The summed E-state index contributed by atoms with van der Waals surface area (Å²) in [6.07, 6.45) is 54.2.